The van der Waals surface area contributed by atoms with Crippen molar-refractivity contribution in [3.05, 3.63) is 56.5 Å². The van der Waals surface area contributed by atoms with E-state index in [9.17, 15) is 14.4 Å². The normalized spacial score (nSPS) is 10.8. The zero-order valence-electron chi connectivity index (χ0n) is 14.5. The Balaban J connectivity index is 1.92. The minimum absolute atomic E-state index is 0.165. The van der Waals surface area contributed by atoms with Gasteiger partial charge in [-0.3, -0.25) is 18.7 Å². The first-order valence-electron chi connectivity index (χ1n) is 8.20. The van der Waals surface area contributed by atoms with Gasteiger partial charge in [0.05, 0.1) is 12.6 Å². The Labute approximate surface area is 153 Å². The standard InChI is InChI=1S/C18H19N3O4S/c1-3-9-20-17(23)16-14(8-10-26-16)21(18(20)24)11-15(22)19-12-4-6-13(25-2)7-5-12/h4-8,10H,3,9,11H2,1-2H3,(H,19,22). The molecule has 1 N–H and O–H groups in total. The van der Waals surface area contributed by atoms with Crippen molar-refractivity contribution in [1.82, 2.24) is 9.13 Å². The molecule has 0 bridgehead atoms. The summed E-state index contributed by atoms with van der Waals surface area (Å²) in [6, 6.07) is 8.61. The third kappa shape index (κ3) is 3.41. The number of carbonyl (C=O) groups excluding carboxylic acids is 1. The molecule has 0 aliphatic rings. The average molecular weight is 373 g/mol. The summed E-state index contributed by atoms with van der Waals surface area (Å²) in [5.74, 6) is 0.345. The molecule has 26 heavy (non-hydrogen) atoms. The van der Waals surface area contributed by atoms with Crippen LogP contribution >= 0.6 is 11.3 Å². The van der Waals surface area contributed by atoms with Gasteiger partial charge in [0, 0.05) is 12.2 Å². The van der Waals surface area contributed by atoms with E-state index >= 15 is 0 Å². The van der Waals surface area contributed by atoms with Crippen LogP contribution in [0, 0.1) is 0 Å². The molecule has 0 fully saturated rings. The van der Waals surface area contributed by atoms with E-state index in [2.05, 4.69) is 5.32 Å². The number of fused-ring (bicyclic) bond motifs is 1. The van der Waals surface area contributed by atoms with Crippen LogP contribution in [0.15, 0.2) is 45.3 Å². The fourth-order valence-corrected chi connectivity index (χ4v) is 3.57. The average Bonchev–Trinajstić information content (AvgIpc) is 3.13. The Morgan fingerprint density at radius 1 is 1.15 bits per heavy atom. The molecule has 136 valence electrons. The number of amides is 1. The van der Waals surface area contributed by atoms with E-state index < -0.39 is 5.69 Å². The SMILES string of the molecule is CCCn1c(=O)c2sccc2n(CC(=O)Nc2ccc(OC)cc2)c1=O. The number of hydrogen-bond acceptors (Lipinski definition) is 5. The summed E-state index contributed by atoms with van der Waals surface area (Å²) in [4.78, 5) is 37.6. The smallest absolute Gasteiger partial charge is 0.332 e. The summed E-state index contributed by atoms with van der Waals surface area (Å²) in [6.07, 6.45) is 0.657. The molecule has 3 aromatic rings. The van der Waals surface area contributed by atoms with Crippen LogP contribution in [0.1, 0.15) is 13.3 Å². The fraction of sp³-hybridized carbons (Fsp3) is 0.278. The molecule has 0 saturated heterocycles. The Bertz CT molecular complexity index is 1050. The van der Waals surface area contributed by atoms with E-state index in [4.69, 9.17) is 4.74 Å². The van der Waals surface area contributed by atoms with E-state index in [-0.39, 0.29) is 18.0 Å². The summed E-state index contributed by atoms with van der Waals surface area (Å²) < 4.78 is 8.11. The first-order valence-corrected chi connectivity index (χ1v) is 9.08. The van der Waals surface area contributed by atoms with Crippen LogP contribution in [-0.4, -0.2) is 22.2 Å². The van der Waals surface area contributed by atoms with Gasteiger partial charge in [0.25, 0.3) is 5.56 Å². The van der Waals surface area contributed by atoms with Crippen LogP contribution in [0.4, 0.5) is 5.69 Å². The molecule has 3 rings (SSSR count). The number of nitrogens with one attached hydrogen (secondary N) is 1. The van der Waals surface area contributed by atoms with Crippen LogP contribution < -0.4 is 21.3 Å². The van der Waals surface area contributed by atoms with Gasteiger partial charge in [-0.15, -0.1) is 11.3 Å². The van der Waals surface area contributed by atoms with Crippen LogP contribution in [0.5, 0.6) is 5.75 Å². The number of hydrogen-bond donors (Lipinski definition) is 1. The van der Waals surface area contributed by atoms with E-state index in [0.29, 0.717) is 34.6 Å². The molecular formula is C18H19N3O4S. The van der Waals surface area contributed by atoms with Crippen molar-refractivity contribution < 1.29 is 9.53 Å². The first kappa shape index (κ1) is 17.9. The van der Waals surface area contributed by atoms with Gasteiger partial charge in [0.15, 0.2) is 0 Å². The molecule has 0 atom stereocenters. The van der Waals surface area contributed by atoms with E-state index in [1.165, 1.54) is 20.5 Å². The number of carbonyl (C=O) groups is 1. The van der Waals surface area contributed by atoms with Gasteiger partial charge in [-0.25, -0.2) is 4.79 Å². The lowest BCUT2D eigenvalue weighted by molar-refractivity contribution is -0.116. The third-order valence-corrected chi connectivity index (χ3v) is 4.85. The summed E-state index contributed by atoms with van der Waals surface area (Å²) >= 11 is 1.27. The van der Waals surface area contributed by atoms with Crippen molar-refractivity contribution >= 4 is 33.1 Å². The van der Waals surface area contributed by atoms with Crippen molar-refractivity contribution in [2.45, 2.75) is 26.4 Å². The minimum atomic E-state index is -0.465. The minimum Gasteiger partial charge on any atom is -0.497 e. The summed E-state index contributed by atoms with van der Waals surface area (Å²) in [6.45, 7) is 2.05. The molecule has 0 radical (unpaired) electrons. The molecule has 0 aliphatic carbocycles. The topological polar surface area (TPSA) is 82.3 Å². The highest BCUT2D eigenvalue weighted by atomic mass is 32.1. The highest BCUT2D eigenvalue weighted by molar-refractivity contribution is 7.17. The monoisotopic (exact) mass is 373 g/mol. The first-order chi connectivity index (χ1) is 12.5. The van der Waals surface area contributed by atoms with E-state index in [1.807, 2.05) is 6.92 Å². The molecular weight excluding hydrogens is 354 g/mol. The number of ether oxygens (including phenoxy) is 1. The van der Waals surface area contributed by atoms with Gasteiger partial charge < -0.3 is 10.1 Å². The van der Waals surface area contributed by atoms with Crippen molar-refractivity contribution in [3.63, 3.8) is 0 Å². The second-order valence-electron chi connectivity index (χ2n) is 5.74. The zero-order chi connectivity index (χ0) is 18.7. The largest absolute Gasteiger partial charge is 0.497 e. The van der Waals surface area contributed by atoms with Gasteiger partial charge >= 0.3 is 5.69 Å². The fourth-order valence-electron chi connectivity index (χ4n) is 2.73. The number of nitrogens with zero attached hydrogens (tertiary/aromatic N) is 2. The Morgan fingerprint density at radius 2 is 1.88 bits per heavy atom. The second kappa shape index (κ2) is 7.57. The number of anilines is 1. The Morgan fingerprint density at radius 3 is 2.54 bits per heavy atom. The Kier molecular flexibility index (Phi) is 5.22. The summed E-state index contributed by atoms with van der Waals surface area (Å²) in [5.41, 5.74) is 0.329. The highest BCUT2D eigenvalue weighted by Gasteiger charge is 2.16. The molecule has 0 aliphatic heterocycles. The van der Waals surface area contributed by atoms with Gasteiger partial charge in [-0.05, 0) is 42.1 Å². The molecule has 0 unspecified atom stereocenters. The number of benzene rings is 1. The maximum absolute atomic E-state index is 12.7. The highest BCUT2D eigenvalue weighted by Crippen LogP contribution is 2.17. The van der Waals surface area contributed by atoms with Gasteiger partial charge in [-0.1, -0.05) is 6.92 Å². The molecule has 2 aromatic heterocycles. The molecule has 7 nitrogen and oxygen atoms in total. The molecule has 1 amide bonds. The van der Waals surface area contributed by atoms with Crippen LogP contribution in [0.3, 0.4) is 0 Å². The van der Waals surface area contributed by atoms with Crippen molar-refractivity contribution in [3.8, 4) is 5.75 Å². The number of methoxy groups -OCH3 is 1. The second-order valence-corrected chi connectivity index (χ2v) is 6.65. The molecule has 8 heteroatoms. The predicted molar refractivity (Wildman–Crippen MR) is 102 cm³/mol. The number of rotatable bonds is 6. The molecule has 0 saturated carbocycles. The maximum Gasteiger partial charge on any atom is 0.332 e. The summed E-state index contributed by atoms with van der Waals surface area (Å²) in [7, 11) is 1.57. The third-order valence-electron chi connectivity index (χ3n) is 3.96. The van der Waals surface area contributed by atoms with E-state index in [0.717, 1.165) is 0 Å². The lowest BCUT2D eigenvalue weighted by Crippen LogP contribution is -2.41. The van der Waals surface area contributed by atoms with Crippen LogP contribution in [-0.2, 0) is 17.9 Å². The van der Waals surface area contributed by atoms with Crippen molar-refractivity contribution in [2.75, 3.05) is 12.4 Å². The number of thiophene rings is 1. The number of aromatic nitrogens is 2. The van der Waals surface area contributed by atoms with Gasteiger partial charge in [0.1, 0.15) is 17.0 Å². The van der Waals surface area contributed by atoms with Gasteiger partial charge in [0.2, 0.25) is 5.91 Å². The molecule has 1 aromatic carbocycles. The lowest BCUT2D eigenvalue weighted by atomic mass is 10.3. The van der Waals surface area contributed by atoms with Crippen molar-refractivity contribution in [1.29, 1.82) is 0 Å². The van der Waals surface area contributed by atoms with Gasteiger partial charge in [-0.2, -0.15) is 0 Å². The summed E-state index contributed by atoms with van der Waals surface area (Å²) in [5, 5.41) is 4.50. The van der Waals surface area contributed by atoms with E-state index in [1.54, 1.807) is 42.8 Å². The van der Waals surface area contributed by atoms with Crippen LogP contribution in [0.2, 0.25) is 0 Å². The maximum atomic E-state index is 12.7. The predicted octanol–water partition coefficient (Wildman–Crippen LogP) is 2.28. The quantitative estimate of drug-likeness (QED) is 0.719. The zero-order valence-corrected chi connectivity index (χ0v) is 15.3. The van der Waals surface area contributed by atoms with Crippen LogP contribution in [0.25, 0.3) is 10.2 Å². The van der Waals surface area contributed by atoms with Crippen molar-refractivity contribution in [2.24, 2.45) is 0 Å². The molecule has 0 spiro atoms. The molecule has 2 heterocycles. The Hall–Kier alpha value is -2.87. The lowest BCUT2D eigenvalue weighted by Gasteiger charge is -2.12.